The van der Waals surface area contributed by atoms with Crippen LogP contribution in [0.4, 0.5) is 11.4 Å². The minimum Gasteiger partial charge on any atom is -0.325 e. The lowest BCUT2D eigenvalue weighted by molar-refractivity contribution is -0.384. The lowest BCUT2D eigenvalue weighted by Crippen LogP contribution is -2.14. The van der Waals surface area contributed by atoms with Crippen molar-refractivity contribution in [1.29, 1.82) is 0 Å². The molecule has 0 radical (unpaired) electrons. The number of rotatable bonds is 6. The zero-order valence-corrected chi connectivity index (χ0v) is 17.6. The van der Waals surface area contributed by atoms with E-state index in [4.69, 9.17) is 11.6 Å². The van der Waals surface area contributed by atoms with E-state index < -0.39 is 4.92 Å². The van der Waals surface area contributed by atoms with Crippen LogP contribution in [0.2, 0.25) is 5.02 Å². The topological polar surface area (TPSA) is 103 Å². The number of carbonyl (C=O) groups excluding carboxylic acids is 1. The molecule has 11 heteroatoms. The zero-order chi connectivity index (χ0) is 20.3. The summed E-state index contributed by atoms with van der Waals surface area (Å²) < 4.78 is 2.69. The number of hydrogen-bond acceptors (Lipinski definition) is 6. The molecule has 0 bridgehead atoms. The van der Waals surface area contributed by atoms with Gasteiger partial charge in [0.05, 0.1) is 10.7 Å². The van der Waals surface area contributed by atoms with Crippen molar-refractivity contribution >= 4 is 56.6 Å². The Morgan fingerprint density at radius 3 is 2.79 bits per heavy atom. The quantitative estimate of drug-likeness (QED) is 0.314. The molecule has 0 spiro atoms. The number of anilines is 1. The second-order valence-corrected chi connectivity index (χ2v) is 7.81. The van der Waals surface area contributed by atoms with Gasteiger partial charge in [-0.05, 0) is 18.2 Å². The molecular weight excluding hydrogens is 470 g/mol. The molecule has 2 aromatic carbocycles. The second-order valence-electron chi connectivity index (χ2n) is 5.61. The Labute approximate surface area is 177 Å². The van der Waals surface area contributed by atoms with Gasteiger partial charge in [-0.1, -0.05) is 57.5 Å². The molecule has 1 aromatic heterocycles. The molecule has 3 aromatic rings. The van der Waals surface area contributed by atoms with Gasteiger partial charge in [0.2, 0.25) is 5.91 Å². The molecule has 8 nitrogen and oxygen atoms in total. The molecule has 3 rings (SSSR count). The first-order chi connectivity index (χ1) is 13.4. The minimum absolute atomic E-state index is 0.0102. The average Bonchev–Trinajstić information content (AvgIpc) is 3.02. The van der Waals surface area contributed by atoms with Crippen molar-refractivity contribution in [2.75, 3.05) is 11.1 Å². The molecule has 1 amide bonds. The first-order valence-electron chi connectivity index (χ1n) is 7.87. The van der Waals surface area contributed by atoms with E-state index in [1.54, 1.807) is 4.57 Å². The Hall–Kier alpha value is -2.43. The molecule has 28 heavy (non-hydrogen) atoms. The summed E-state index contributed by atoms with van der Waals surface area (Å²) in [5.41, 5.74) is 0.925. The number of amides is 1. The van der Waals surface area contributed by atoms with E-state index in [1.165, 1.54) is 30.0 Å². The summed E-state index contributed by atoms with van der Waals surface area (Å²) in [6.45, 7) is 0. The van der Waals surface area contributed by atoms with Crippen LogP contribution < -0.4 is 5.32 Å². The Balaban J connectivity index is 1.67. The minimum atomic E-state index is -0.602. The molecule has 0 aliphatic rings. The van der Waals surface area contributed by atoms with Crippen LogP contribution in [0.3, 0.4) is 0 Å². The van der Waals surface area contributed by atoms with Crippen molar-refractivity contribution in [2.45, 2.75) is 5.16 Å². The third-order valence-corrected chi connectivity index (χ3v) is 5.74. The lowest BCUT2D eigenvalue weighted by Gasteiger charge is -2.07. The summed E-state index contributed by atoms with van der Waals surface area (Å²) in [7, 11) is 1.82. The van der Waals surface area contributed by atoms with Crippen LogP contribution in [0.15, 0.2) is 52.1 Å². The fraction of sp³-hybridized carbons (Fsp3) is 0.118. The van der Waals surface area contributed by atoms with Crippen LogP contribution >= 0.6 is 39.3 Å². The number of nitro benzene ring substituents is 1. The highest BCUT2D eigenvalue weighted by Gasteiger charge is 2.16. The Kier molecular flexibility index (Phi) is 6.32. The SMILES string of the molecule is Cn1c(SCC(=O)Nc2ccc(Cl)c([N+](=O)[O-])c2)nnc1-c1ccccc1Br. The molecule has 0 saturated heterocycles. The summed E-state index contributed by atoms with van der Waals surface area (Å²) >= 11 is 10.5. The number of hydrogen-bond donors (Lipinski definition) is 1. The molecule has 144 valence electrons. The maximum atomic E-state index is 12.2. The first-order valence-corrected chi connectivity index (χ1v) is 10.0. The van der Waals surface area contributed by atoms with Crippen molar-refractivity contribution < 1.29 is 9.72 Å². The standard InChI is InChI=1S/C17H13BrClN5O3S/c1-23-16(11-4-2-3-5-12(11)18)21-22-17(23)28-9-15(25)20-10-6-7-13(19)14(8-10)24(26)27/h2-8H,9H2,1H3,(H,20,25). The lowest BCUT2D eigenvalue weighted by atomic mass is 10.2. The van der Waals surface area contributed by atoms with E-state index in [1.807, 2.05) is 31.3 Å². The van der Waals surface area contributed by atoms with Gasteiger partial charge in [0.1, 0.15) is 5.02 Å². The highest BCUT2D eigenvalue weighted by atomic mass is 79.9. The number of thioether (sulfide) groups is 1. The molecule has 0 fully saturated rings. The Morgan fingerprint density at radius 2 is 2.07 bits per heavy atom. The predicted octanol–water partition coefficient (Wildman–Crippen LogP) is 4.54. The van der Waals surface area contributed by atoms with E-state index >= 15 is 0 Å². The highest BCUT2D eigenvalue weighted by Crippen LogP contribution is 2.29. The van der Waals surface area contributed by atoms with Gasteiger partial charge in [0.15, 0.2) is 11.0 Å². The Bertz CT molecular complexity index is 1060. The molecule has 1 N–H and O–H groups in total. The normalized spacial score (nSPS) is 10.7. The molecule has 1 heterocycles. The maximum absolute atomic E-state index is 12.2. The fourth-order valence-electron chi connectivity index (χ4n) is 2.38. The second kappa shape index (κ2) is 8.72. The molecular formula is C17H13BrClN5O3S. The van der Waals surface area contributed by atoms with Crippen LogP contribution in [0, 0.1) is 10.1 Å². The van der Waals surface area contributed by atoms with Gasteiger partial charge in [-0.25, -0.2) is 0 Å². The van der Waals surface area contributed by atoms with Crippen molar-refractivity contribution in [3.05, 3.63) is 62.1 Å². The summed E-state index contributed by atoms with van der Waals surface area (Å²) in [6, 6.07) is 11.7. The van der Waals surface area contributed by atoms with Crippen LogP contribution in [0.25, 0.3) is 11.4 Å². The van der Waals surface area contributed by atoms with Gasteiger partial charge < -0.3 is 9.88 Å². The Morgan fingerprint density at radius 1 is 1.32 bits per heavy atom. The third-order valence-electron chi connectivity index (χ3n) is 3.71. The van der Waals surface area contributed by atoms with Crippen molar-refractivity contribution in [3.63, 3.8) is 0 Å². The monoisotopic (exact) mass is 481 g/mol. The van der Waals surface area contributed by atoms with E-state index in [-0.39, 0.29) is 22.4 Å². The number of halogens is 2. The van der Waals surface area contributed by atoms with Gasteiger partial charge in [0, 0.05) is 28.8 Å². The first kappa shape index (κ1) is 20.3. The van der Waals surface area contributed by atoms with Crippen molar-refractivity contribution in [3.8, 4) is 11.4 Å². The van der Waals surface area contributed by atoms with Gasteiger partial charge in [-0.15, -0.1) is 10.2 Å². The molecule has 0 aliphatic heterocycles. The average molecular weight is 483 g/mol. The number of carbonyl (C=O) groups is 1. The van der Waals surface area contributed by atoms with Crippen molar-refractivity contribution in [2.24, 2.45) is 7.05 Å². The van der Waals surface area contributed by atoms with Gasteiger partial charge in [-0.2, -0.15) is 0 Å². The van der Waals surface area contributed by atoms with Crippen LogP contribution in [0.1, 0.15) is 0 Å². The molecule has 0 unspecified atom stereocenters. The molecule has 0 atom stereocenters. The van der Waals surface area contributed by atoms with Crippen LogP contribution in [-0.4, -0.2) is 31.3 Å². The summed E-state index contributed by atoms with van der Waals surface area (Å²) in [5, 5.41) is 22.5. The predicted molar refractivity (Wildman–Crippen MR) is 112 cm³/mol. The van der Waals surface area contributed by atoms with Crippen molar-refractivity contribution in [1.82, 2.24) is 14.8 Å². The van der Waals surface area contributed by atoms with E-state index in [2.05, 4.69) is 31.4 Å². The molecule has 0 aliphatic carbocycles. The van der Waals surface area contributed by atoms with Gasteiger partial charge in [-0.3, -0.25) is 14.9 Å². The summed E-state index contributed by atoms with van der Waals surface area (Å²) in [5.74, 6) is 0.411. The number of aromatic nitrogens is 3. The zero-order valence-electron chi connectivity index (χ0n) is 14.4. The van der Waals surface area contributed by atoms with E-state index in [0.717, 1.165) is 10.0 Å². The number of nitro groups is 1. The third kappa shape index (κ3) is 4.51. The number of nitrogens with one attached hydrogen (secondary N) is 1. The van der Waals surface area contributed by atoms with Crippen LogP contribution in [0.5, 0.6) is 0 Å². The van der Waals surface area contributed by atoms with E-state index in [0.29, 0.717) is 16.7 Å². The summed E-state index contributed by atoms with van der Waals surface area (Å²) in [4.78, 5) is 22.5. The van der Waals surface area contributed by atoms with Gasteiger partial charge in [0.25, 0.3) is 5.69 Å². The fourth-order valence-corrected chi connectivity index (χ4v) is 3.73. The molecule has 0 saturated carbocycles. The maximum Gasteiger partial charge on any atom is 0.289 e. The highest BCUT2D eigenvalue weighted by molar-refractivity contribution is 9.10. The van der Waals surface area contributed by atoms with Crippen LogP contribution in [-0.2, 0) is 11.8 Å². The number of benzene rings is 2. The summed E-state index contributed by atoms with van der Waals surface area (Å²) in [6.07, 6.45) is 0. The number of nitrogens with zero attached hydrogens (tertiary/aromatic N) is 4. The van der Waals surface area contributed by atoms with E-state index in [9.17, 15) is 14.9 Å². The smallest absolute Gasteiger partial charge is 0.289 e. The largest absolute Gasteiger partial charge is 0.325 e. The van der Waals surface area contributed by atoms with Gasteiger partial charge >= 0.3 is 0 Å².